The molecule has 4 heteroatoms. The Labute approximate surface area is 116 Å². The number of hydrogen-bond acceptors (Lipinski definition) is 3. The van der Waals surface area contributed by atoms with Gasteiger partial charge in [-0.3, -0.25) is 9.55 Å². The van der Waals surface area contributed by atoms with Crippen LogP contribution in [-0.4, -0.2) is 14.5 Å². The number of nitrogens with zero attached hydrogens (tertiary/aromatic N) is 3. The maximum absolute atomic E-state index is 12.2. The first-order valence-corrected chi connectivity index (χ1v) is 6.59. The summed E-state index contributed by atoms with van der Waals surface area (Å²) in [6.45, 7) is 4.22. The van der Waals surface area contributed by atoms with Crippen LogP contribution >= 0.6 is 0 Å². The van der Waals surface area contributed by atoms with Gasteiger partial charge in [-0.15, -0.1) is 0 Å². The molecule has 0 atom stereocenters. The topological polar surface area (TPSA) is 47.8 Å². The van der Waals surface area contributed by atoms with E-state index in [2.05, 4.69) is 23.8 Å². The molecule has 2 heterocycles. The fraction of sp³-hybridized carbons (Fsp3) is 0.188. The summed E-state index contributed by atoms with van der Waals surface area (Å²) >= 11 is 0. The molecule has 0 bridgehead atoms. The predicted octanol–water partition coefficient (Wildman–Crippen LogP) is 2.90. The van der Waals surface area contributed by atoms with E-state index in [0.717, 1.165) is 22.2 Å². The molecule has 0 saturated carbocycles. The van der Waals surface area contributed by atoms with E-state index in [0.29, 0.717) is 5.92 Å². The van der Waals surface area contributed by atoms with Crippen molar-refractivity contribution in [3.8, 4) is 5.69 Å². The fourth-order valence-corrected chi connectivity index (χ4v) is 2.39. The zero-order chi connectivity index (χ0) is 14.1. The third-order valence-electron chi connectivity index (χ3n) is 3.38. The highest BCUT2D eigenvalue weighted by Gasteiger charge is 2.12. The predicted molar refractivity (Wildman–Crippen MR) is 79.2 cm³/mol. The van der Waals surface area contributed by atoms with Crippen LogP contribution in [0.5, 0.6) is 0 Å². The maximum Gasteiger partial charge on any atom is 0.352 e. The van der Waals surface area contributed by atoms with Crippen molar-refractivity contribution in [2.75, 3.05) is 0 Å². The van der Waals surface area contributed by atoms with Gasteiger partial charge in [-0.1, -0.05) is 32.0 Å². The SMILES string of the molecule is CC(C)c1ccccc1-n1c(=O)ncc2ccncc21. The molecule has 0 aliphatic rings. The molecular formula is C16H15N3O. The number of hydrogen-bond donors (Lipinski definition) is 0. The van der Waals surface area contributed by atoms with Crippen LogP contribution in [0.4, 0.5) is 0 Å². The zero-order valence-corrected chi connectivity index (χ0v) is 11.4. The molecule has 3 aromatic rings. The molecule has 20 heavy (non-hydrogen) atoms. The second-order valence-electron chi connectivity index (χ2n) is 5.02. The molecule has 0 amide bonds. The van der Waals surface area contributed by atoms with E-state index in [1.54, 1.807) is 23.2 Å². The molecule has 0 fully saturated rings. The van der Waals surface area contributed by atoms with Gasteiger partial charge in [0, 0.05) is 17.8 Å². The first-order valence-electron chi connectivity index (χ1n) is 6.59. The largest absolute Gasteiger partial charge is 0.352 e. The van der Waals surface area contributed by atoms with Crippen molar-refractivity contribution in [2.45, 2.75) is 19.8 Å². The highest BCUT2D eigenvalue weighted by atomic mass is 16.1. The number of para-hydroxylation sites is 1. The molecular weight excluding hydrogens is 250 g/mol. The molecule has 4 nitrogen and oxygen atoms in total. The second kappa shape index (κ2) is 4.89. The van der Waals surface area contributed by atoms with E-state index in [1.807, 2.05) is 30.3 Å². The molecule has 3 rings (SSSR count). The Hall–Kier alpha value is -2.49. The third kappa shape index (κ3) is 1.99. The van der Waals surface area contributed by atoms with Gasteiger partial charge < -0.3 is 0 Å². The smallest absolute Gasteiger partial charge is 0.262 e. The molecule has 0 N–H and O–H groups in total. The average molecular weight is 265 g/mol. The lowest BCUT2D eigenvalue weighted by Gasteiger charge is -2.15. The summed E-state index contributed by atoms with van der Waals surface area (Å²) in [5.74, 6) is 0.324. The fourth-order valence-electron chi connectivity index (χ4n) is 2.39. The Kier molecular flexibility index (Phi) is 3.06. The molecule has 0 saturated heterocycles. The van der Waals surface area contributed by atoms with Crippen LogP contribution in [0.1, 0.15) is 25.3 Å². The van der Waals surface area contributed by atoms with E-state index in [1.165, 1.54) is 0 Å². The lowest BCUT2D eigenvalue weighted by molar-refractivity contribution is 0.836. The molecule has 0 unspecified atom stereocenters. The summed E-state index contributed by atoms with van der Waals surface area (Å²) in [5, 5.41) is 0.901. The van der Waals surface area contributed by atoms with Gasteiger partial charge in [0.1, 0.15) is 0 Å². The Morgan fingerprint density at radius 2 is 1.90 bits per heavy atom. The zero-order valence-electron chi connectivity index (χ0n) is 11.4. The number of rotatable bonds is 2. The molecule has 2 aromatic heterocycles. The van der Waals surface area contributed by atoms with Crippen LogP contribution in [0, 0.1) is 0 Å². The average Bonchev–Trinajstić information content (AvgIpc) is 2.47. The third-order valence-corrected chi connectivity index (χ3v) is 3.38. The second-order valence-corrected chi connectivity index (χ2v) is 5.02. The lowest BCUT2D eigenvalue weighted by Crippen LogP contribution is -2.22. The van der Waals surface area contributed by atoms with Crippen LogP contribution in [0.2, 0.25) is 0 Å². The highest BCUT2D eigenvalue weighted by Crippen LogP contribution is 2.23. The van der Waals surface area contributed by atoms with E-state index >= 15 is 0 Å². The summed E-state index contributed by atoms with van der Waals surface area (Å²) in [6.07, 6.45) is 5.00. The van der Waals surface area contributed by atoms with E-state index in [-0.39, 0.29) is 5.69 Å². The molecule has 0 aliphatic heterocycles. The van der Waals surface area contributed by atoms with Crippen LogP contribution in [0.3, 0.4) is 0 Å². The maximum atomic E-state index is 12.2. The van der Waals surface area contributed by atoms with Crippen molar-refractivity contribution >= 4 is 10.9 Å². The van der Waals surface area contributed by atoms with Gasteiger partial charge in [0.25, 0.3) is 0 Å². The van der Waals surface area contributed by atoms with Crippen molar-refractivity contribution in [1.29, 1.82) is 0 Å². The van der Waals surface area contributed by atoms with Crippen molar-refractivity contribution < 1.29 is 0 Å². The molecule has 0 radical (unpaired) electrons. The molecule has 0 aliphatic carbocycles. The van der Waals surface area contributed by atoms with Crippen LogP contribution < -0.4 is 5.69 Å². The van der Waals surface area contributed by atoms with E-state index in [9.17, 15) is 4.79 Å². The van der Waals surface area contributed by atoms with Gasteiger partial charge in [0.2, 0.25) is 0 Å². The van der Waals surface area contributed by atoms with E-state index < -0.39 is 0 Å². The number of fused-ring (bicyclic) bond motifs is 1. The molecule has 1 aromatic carbocycles. The summed E-state index contributed by atoms with van der Waals surface area (Å²) in [5.41, 5.74) is 2.49. The normalized spacial score (nSPS) is 11.2. The number of aromatic nitrogens is 3. The summed E-state index contributed by atoms with van der Waals surface area (Å²) < 4.78 is 1.64. The first-order chi connectivity index (χ1) is 9.68. The molecule has 0 spiro atoms. The standard InChI is InChI=1S/C16H15N3O/c1-11(2)13-5-3-4-6-14(13)19-15-10-17-8-7-12(15)9-18-16(19)20/h3-11H,1-2H3. The van der Waals surface area contributed by atoms with Gasteiger partial charge in [0.15, 0.2) is 0 Å². The number of benzene rings is 1. The van der Waals surface area contributed by atoms with Crippen LogP contribution in [0.15, 0.2) is 53.7 Å². The minimum absolute atomic E-state index is 0.279. The van der Waals surface area contributed by atoms with E-state index in [4.69, 9.17) is 0 Å². The Morgan fingerprint density at radius 1 is 1.10 bits per heavy atom. The highest BCUT2D eigenvalue weighted by molar-refractivity contribution is 5.78. The Bertz CT molecular complexity index is 821. The number of pyridine rings is 1. The van der Waals surface area contributed by atoms with Gasteiger partial charge >= 0.3 is 5.69 Å². The minimum atomic E-state index is -0.279. The van der Waals surface area contributed by atoms with Gasteiger partial charge in [-0.2, -0.15) is 0 Å². The molecule has 100 valence electrons. The quantitative estimate of drug-likeness (QED) is 0.715. The van der Waals surface area contributed by atoms with Crippen molar-refractivity contribution in [3.05, 3.63) is 65.0 Å². The van der Waals surface area contributed by atoms with Crippen molar-refractivity contribution in [3.63, 3.8) is 0 Å². The van der Waals surface area contributed by atoms with Crippen molar-refractivity contribution in [2.24, 2.45) is 0 Å². The van der Waals surface area contributed by atoms with Crippen molar-refractivity contribution in [1.82, 2.24) is 14.5 Å². The minimum Gasteiger partial charge on any atom is -0.262 e. The Balaban J connectivity index is 2.41. The summed E-state index contributed by atoms with van der Waals surface area (Å²) in [7, 11) is 0. The van der Waals surface area contributed by atoms with Gasteiger partial charge in [-0.05, 0) is 23.6 Å². The van der Waals surface area contributed by atoms with Gasteiger partial charge in [-0.25, -0.2) is 9.78 Å². The lowest BCUT2D eigenvalue weighted by atomic mass is 10.0. The van der Waals surface area contributed by atoms with Crippen LogP contribution in [-0.2, 0) is 0 Å². The summed E-state index contributed by atoms with van der Waals surface area (Å²) in [4.78, 5) is 20.3. The monoisotopic (exact) mass is 265 g/mol. The summed E-state index contributed by atoms with van der Waals surface area (Å²) in [6, 6.07) is 9.77. The first kappa shape index (κ1) is 12.5. The Morgan fingerprint density at radius 3 is 2.70 bits per heavy atom. The van der Waals surface area contributed by atoms with Gasteiger partial charge in [0.05, 0.1) is 17.4 Å². The van der Waals surface area contributed by atoms with Crippen LogP contribution in [0.25, 0.3) is 16.6 Å².